The topological polar surface area (TPSA) is 259 Å². The predicted molar refractivity (Wildman–Crippen MR) is 493 cm³/mol. The Morgan fingerprint density at radius 1 is 0.508 bits per heavy atom. The molecule has 4 fully saturated rings. The molecule has 3 N–H and O–H groups in total. The number of aromatic nitrogens is 9. The number of aryl methyl sites for hydroxylation is 3. The van der Waals surface area contributed by atoms with Crippen LogP contribution in [-0.2, 0) is 17.4 Å². The number of benzene rings is 5. The minimum Gasteiger partial charge on any atom is -0.413 e. The van der Waals surface area contributed by atoms with E-state index in [2.05, 4.69) is 84.9 Å². The zero-order chi connectivity index (χ0) is 99.6. The molecule has 8 aromatic heterocycles. The average Bonchev–Trinajstić information content (AvgIpc) is 0.808. The van der Waals surface area contributed by atoms with E-state index in [0.717, 1.165) is 130 Å². The third kappa shape index (κ3) is 20.7. The quantitative estimate of drug-likeness (QED) is 0.0500. The number of primary amides is 1. The van der Waals surface area contributed by atoms with Gasteiger partial charge in [0.2, 0.25) is 11.8 Å². The molecule has 1 amide bonds. The summed E-state index contributed by atoms with van der Waals surface area (Å²) in [6, 6.07) is 40.0. The van der Waals surface area contributed by atoms with Crippen molar-refractivity contribution in [1.82, 2.24) is 63.0 Å². The number of piperidine rings is 4. The van der Waals surface area contributed by atoms with Gasteiger partial charge in [0.1, 0.15) is 0 Å². The van der Waals surface area contributed by atoms with E-state index in [4.69, 9.17) is 50.7 Å². The molecule has 0 radical (unpaired) electrons. The Morgan fingerprint density at radius 2 is 0.922 bits per heavy atom. The normalized spacial score (nSPS) is 18.0. The number of alkyl halides is 3. The first kappa shape index (κ1) is 78.3. The van der Waals surface area contributed by atoms with Crippen molar-refractivity contribution < 1.29 is 60.4 Å². The fourth-order valence-corrected chi connectivity index (χ4v) is 17.0. The number of hydrogen-bond donors (Lipinski definition) is 2. The molecule has 0 aliphatic carbocycles. The van der Waals surface area contributed by atoms with Crippen molar-refractivity contribution in [1.29, 1.82) is 0 Å². The number of halogens is 4. The van der Waals surface area contributed by atoms with E-state index >= 15 is 0 Å². The summed E-state index contributed by atoms with van der Waals surface area (Å²) in [5.41, 5.74) is 23.3. The standard InChI is InChI=1S/C27H23F3N6O3.C26H28N4O2.C24H26N4O.C22H21BrN4O/c1-16-24(22(38)15-35-11-9-20(37)10-12-35)25-21(36(16)19-6-4-18(31-2)5-7-19)13-17(14-32-25)3-8-23-33-34-26(39-23)27(28,29)30;1-18-26(24(31)17-29-14-4-3-5-15-29)22-12-6-19(7-13-25(27)32)16-23(22)30(18)21-10-8-20(28-2)9-11-21;1-16-14-21-24(26-17(16)2)23(22(29)15-27-12-6-5-7-13-27)18(3)28(21)20-10-8-19(25-4)9-11-20;1-15-21(20(28)14-26-10-4-3-5-11-26)22-19(12-16(23)13-25-22)27(15)18-8-6-17(24-2)7-9-18/h3-8,13-14,20,37H,9-12,15H2,1H3;6,8-12,16H,3-5,7,13-15,17H2,1H3,(H2,27,32);8-11,14H,5-7,12-13,15H2,1-3H3;6-9,12-13H,3-5,10-11,14H2,1H3/b8-3+;;;/i;;;3D2,4D2,5D2,10D2,11D2. The van der Waals surface area contributed by atoms with E-state index in [0.29, 0.717) is 117 Å². The molecule has 29 heteroatoms. The number of aliphatic hydroxyl groups excluding tert-OH is 1. The molecular weight excluding hydrogens is 1690 g/mol. The van der Waals surface area contributed by atoms with Crippen molar-refractivity contribution in [3.05, 3.63) is 275 Å². The lowest BCUT2D eigenvalue weighted by Crippen LogP contribution is -2.39. The first-order valence-electron chi connectivity index (χ1n) is 46.8. The second-order valence-electron chi connectivity index (χ2n) is 31.8. The van der Waals surface area contributed by atoms with Crippen LogP contribution >= 0.6 is 15.9 Å². The predicted octanol–water partition coefficient (Wildman–Crippen LogP) is 20.2. The third-order valence-corrected chi connectivity index (χ3v) is 23.6. The smallest absolute Gasteiger partial charge is 0.413 e. The summed E-state index contributed by atoms with van der Waals surface area (Å²) in [5.74, 6) is -2.77. The summed E-state index contributed by atoms with van der Waals surface area (Å²) < 4.78 is 133. The van der Waals surface area contributed by atoms with Gasteiger partial charge in [-0.15, -0.1) is 10.2 Å². The molecule has 4 saturated heterocycles. The number of amides is 1. The molecular formula is C99H98BrF3N18O7. The Bertz CT molecular complexity index is 7060. The highest BCUT2D eigenvalue weighted by atomic mass is 79.9. The van der Waals surface area contributed by atoms with Crippen LogP contribution in [0.2, 0.25) is 0 Å². The van der Waals surface area contributed by atoms with Crippen LogP contribution in [0.15, 0.2) is 155 Å². The SMILES string of the molecule is [2H]C1([2H])N(CC(=O)c2c(C)n(-c3ccc([N+]#[C-])cc3)c3cc(Br)cnc23)C([2H])([2H])C([2H])([2H])C([2H])([2H])C1([2H])[2H].[C-]#[N+]c1ccc(-n2c(C)c(C(=O)CN3CCC(O)CC3)c3ncc(/C=C/c4nnc(C(F)(F)F)o4)cc32)cc1.[C-]#[N+]c1ccc(-n2c(C)c(C(=O)CN3CCCCC3)c3ccc(CCC(N)=O)cc32)cc1.[C-]#[N+]c1ccc(-n2c(C)c(C(=O)CN3CCCCC3)c3nc(C)c(C)cc32)cc1. The lowest BCUT2D eigenvalue weighted by atomic mass is 10.0. The van der Waals surface area contributed by atoms with E-state index < -0.39 is 56.5 Å². The Hall–Kier alpha value is -13.2. The van der Waals surface area contributed by atoms with Crippen molar-refractivity contribution in [2.75, 3.05) is 78.4 Å². The van der Waals surface area contributed by atoms with E-state index in [1.807, 2.05) is 98.7 Å². The van der Waals surface area contributed by atoms with Crippen LogP contribution in [0.4, 0.5) is 35.9 Å². The van der Waals surface area contributed by atoms with Crippen molar-refractivity contribution in [2.24, 2.45) is 5.73 Å². The van der Waals surface area contributed by atoms with Crippen molar-refractivity contribution in [2.45, 2.75) is 137 Å². The number of likely N-dealkylation sites (tertiary alicyclic amines) is 4. The van der Waals surface area contributed by atoms with Gasteiger partial charge < -0.3 is 33.5 Å². The van der Waals surface area contributed by atoms with Crippen LogP contribution in [-0.4, -0.2) is 182 Å². The number of ketones is 4. The zero-order valence-corrected chi connectivity index (χ0v) is 72.9. The molecule has 4 aliphatic heterocycles. The third-order valence-electron chi connectivity index (χ3n) is 23.2. The molecule has 4 aliphatic rings. The number of nitrogens with two attached hydrogens (primary N) is 1. The van der Waals surface area contributed by atoms with Gasteiger partial charge in [-0.05, 0) is 250 Å². The fraction of sp³-hybridized carbons (Fsp3) is 0.333. The Balaban J connectivity index is 0.000000148. The molecule has 128 heavy (non-hydrogen) atoms. The van der Waals surface area contributed by atoms with Crippen LogP contribution in [0.5, 0.6) is 0 Å². The largest absolute Gasteiger partial charge is 0.470 e. The summed E-state index contributed by atoms with van der Waals surface area (Å²) in [6.07, 6.45) is -0.822. The van der Waals surface area contributed by atoms with Gasteiger partial charge in [-0.25, -0.2) is 19.4 Å². The van der Waals surface area contributed by atoms with Crippen LogP contribution in [0, 0.1) is 67.8 Å². The zero-order valence-electron chi connectivity index (χ0n) is 81.3. The molecule has 5 aromatic carbocycles. The Kier molecular flexibility index (Phi) is 24.8. The van der Waals surface area contributed by atoms with Crippen molar-refractivity contribution >= 4 is 124 Å². The van der Waals surface area contributed by atoms with Gasteiger partial charge in [-0.2, -0.15) is 13.2 Å². The van der Waals surface area contributed by atoms with E-state index in [-0.39, 0.29) is 64.2 Å². The van der Waals surface area contributed by atoms with Crippen LogP contribution in [0.3, 0.4) is 0 Å². The maximum atomic E-state index is 13.7. The summed E-state index contributed by atoms with van der Waals surface area (Å²) >= 11 is 3.35. The number of carbonyl (C=O) groups is 5. The first-order valence-corrected chi connectivity index (χ1v) is 42.6. The molecule has 0 unspecified atom stereocenters. The van der Waals surface area contributed by atoms with Gasteiger partial charge >= 0.3 is 12.1 Å². The Morgan fingerprint density at radius 3 is 1.38 bits per heavy atom. The highest BCUT2D eigenvalue weighted by Gasteiger charge is 2.38. The molecule has 17 rings (SSSR count). The number of aliphatic hydroxyl groups is 1. The number of nitrogens with zero attached hydrogens (tertiary/aromatic N) is 17. The highest BCUT2D eigenvalue weighted by molar-refractivity contribution is 9.10. The van der Waals surface area contributed by atoms with Crippen LogP contribution < -0.4 is 5.73 Å². The van der Waals surface area contributed by atoms with E-state index in [1.165, 1.54) is 37.4 Å². The maximum Gasteiger partial charge on any atom is 0.470 e. The molecule has 12 heterocycles. The van der Waals surface area contributed by atoms with Crippen molar-refractivity contribution in [3.8, 4) is 22.7 Å². The highest BCUT2D eigenvalue weighted by Crippen LogP contribution is 2.38. The summed E-state index contributed by atoms with van der Waals surface area (Å²) in [7, 11) is 0. The lowest BCUT2D eigenvalue weighted by molar-refractivity contribution is -0.157. The number of rotatable bonds is 21. The monoisotopic (exact) mass is 1800 g/mol. The fourth-order valence-electron chi connectivity index (χ4n) is 16.7. The second kappa shape index (κ2) is 40.6. The van der Waals surface area contributed by atoms with Crippen LogP contribution in [0.1, 0.15) is 189 Å². The van der Waals surface area contributed by atoms with Gasteiger partial charge in [-0.3, -0.25) is 58.5 Å². The van der Waals surface area contributed by atoms with E-state index in [9.17, 15) is 42.3 Å². The number of Topliss-reactive ketones (excluding diaryl/α,β-unsaturated/α-hetero) is 4. The van der Waals surface area contributed by atoms with Gasteiger partial charge in [0.05, 0.1) is 114 Å². The summed E-state index contributed by atoms with van der Waals surface area (Å²) in [6.45, 7) is 38.6. The van der Waals surface area contributed by atoms with Gasteiger partial charge in [-0.1, -0.05) is 79.9 Å². The second-order valence-corrected chi connectivity index (χ2v) is 32.7. The molecule has 13 aromatic rings. The van der Waals surface area contributed by atoms with Gasteiger partial charge in [0, 0.05) is 118 Å². The van der Waals surface area contributed by atoms with E-state index in [1.54, 1.807) is 84.3 Å². The number of fused-ring (bicyclic) bond motifs is 4. The average molecular weight is 1800 g/mol. The number of carbonyl (C=O) groups excluding carboxylic acids is 5. The van der Waals surface area contributed by atoms with Crippen molar-refractivity contribution in [3.63, 3.8) is 0 Å². The molecule has 0 saturated carbocycles. The van der Waals surface area contributed by atoms with Gasteiger partial charge in [0.25, 0.3) is 0 Å². The molecule has 0 spiro atoms. The maximum absolute atomic E-state index is 13.7. The summed E-state index contributed by atoms with van der Waals surface area (Å²) in [5, 5.41) is 17.1. The number of pyridine rings is 3. The Labute approximate surface area is 762 Å². The minimum atomic E-state index is -4.74. The van der Waals surface area contributed by atoms with Gasteiger partial charge in [0.15, 0.2) is 45.9 Å². The lowest BCUT2D eigenvalue weighted by Gasteiger charge is -2.28. The summed E-state index contributed by atoms with van der Waals surface area (Å²) in [4.78, 5) is 99.4. The number of hydrogen-bond acceptors (Lipinski definition) is 16. The molecule has 0 atom stereocenters. The minimum absolute atomic E-state index is 0.0111. The molecule has 0 bridgehead atoms. The molecule has 25 nitrogen and oxygen atoms in total. The molecule has 654 valence electrons. The first-order chi connectivity index (χ1) is 65.4. The van der Waals surface area contributed by atoms with Crippen LogP contribution in [0.25, 0.3) is 98.3 Å².